The fraction of sp³-hybridized carbons (Fsp3) is 0.300. The number of benzene rings is 3. The first kappa shape index (κ1) is 30.1. The van der Waals surface area contributed by atoms with Gasteiger partial charge in [0, 0.05) is 37.1 Å². The normalized spacial score (nSPS) is 11.7. The Morgan fingerprint density at radius 2 is 0.814 bits per heavy atom. The number of fused-ring (bicyclic) bond motifs is 3. The lowest BCUT2D eigenvalue weighted by Crippen LogP contribution is -2.29. The van der Waals surface area contributed by atoms with E-state index in [1.807, 2.05) is 72.8 Å². The lowest BCUT2D eigenvalue weighted by molar-refractivity contribution is 0.0940. The van der Waals surface area contributed by atoms with Crippen LogP contribution < -0.4 is 0 Å². The molecule has 3 aromatic heterocycles. The molecule has 0 saturated carbocycles. The summed E-state index contributed by atoms with van der Waals surface area (Å²) < 4.78 is 18.0. The third-order valence-electron chi connectivity index (χ3n) is 6.45. The van der Waals surface area contributed by atoms with Crippen LogP contribution in [0, 0.1) is 0 Å². The van der Waals surface area contributed by atoms with Gasteiger partial charge in [0.1, 0.15) is 0 Å². The predicted octanol–water partition coefficient (Wildman–Crippen LogP) is 7.20. The summed E-state index contributed by atoms with van der Waals surface area (Å²) in [6.45, 7) is 1.62. The number of imidazole rings is 3. The Hall–Kier alpha value is -2.94. The average molecular weight is 633 g/mol. The van der Waals surface area contributed by atoms with E-state index in [0.29, 0.717) is 19.8 Å². The Morgan fingerprint density at radius 3 is 1.14 bits per heavy atom. The van der Waals surface area contributed by atoms with Crippen molar-refractivity contribution in [2.75, 3.05) is 37.1 Å². The Balaban J connectivity index is 0.913. The smallest absolute Gasteiger partial charge is 0.386 e. The average Bonchev–Trinajstić information content (AvgIpc) is 3.75. The van der Waals surface area contributed by atoms with E-state index < -0.39 is 7.32 Å². The van der Waals surface area contributed by atoms with E-state index >= 15 is 0 Å². The third-order valence-corrected chi connectivity index (χ3v) is 9.33. The molecule has 0 saturated heterocycles. The summed E-state index contributed by atoms with van der Waals surface area (Å²) in [5, 5.41) is 2.78. The van der Waals surface area contributed by atoms with Crippen molar-refractivity contribution in [2.45, 2.75) is 34.7 Å². The maximum Gasteiger partial charge on any atom is 0.639 e. The standard InChI is InChI=1S/C30H33BN6O3S3/c1-2-11-23-22(10-1)32-28(33-23)41-19-7-16-38-31(39-17-8-20-42-29-34-24-12-3-4-13-25(24)35-29)40-18-9-21-43-30-36-26-14-5-6-15-27(26)37-30/h1-6,10-15H,7-9,16-21H2,(H,32,33)(H,34,35)(H,36,37). The minimum absolute atomic E-state index is 0.541. The minimum atomic E-state index is -0.691. The number of aromatic amines is 3. The quantitative estimate of drug-likeness (QED) is 0.0514. The van der Waals surface area contributed by atoms with Gasteiger partial charge in [0.05, 0.1) is 33.1 Å². The predicted molar refractivity (Wildman–Crippen MR) is 178 cm³/mol. The zero-order valence-electron chi connectivity index (χ0n) is 23.7. The number of aromatic nitrogens is 6. The number of para-hydroxylation sites is 6. The van der Waals surface area contributed by atoms with Crippen LogP contribution in [0.3, 0.4) is 0 Å². The largest absolute Gasteiger partial charge is 0.639 e. The highest BCUT2D eigenvalue weighted by atomic mass is 32.2. The van der Waals surface area contributed by atoms with Crippen LogP contribution >= 0.6 is 35.3 Å². The van der Waals surface area contributed by atoms with Gasteiger partial charge in [-0.25, -0.2) is 15.0 Å². The van der Waals surface area contributed by atoms with Gasteiger partial charge in [-0.2, -0.15) is 0 Å². The van der Waals surface area contributed by atoms with Gasteiger partial charge in [-0.15, -0.1) is 0 Å². The molecule has 0 amide bonds. The van der Waals surface area contributed by atoms with Crippen LogP contribution in [-0.4, -0.2) is 74.3 Å². The molecule has 3 aromatic carbocycles. The van der Waals surface area contributed by atoms with Gasteiger partial charge in [-0.3, -0.25) is 0 Å². The first-order valence-corrected chi connectivity index (χ1v) is 17.3. The Labute approximate surface area is 263 Å². The second kappa shape index (κ2) is 15.7. The number of hydrogen-bond donors (Lipinski definition) is 3. The van der Waals surface area contributed by atoms with Gasteiger partial charge in [-0.1, -0.05) is 71.7 Å². The summed E-state index contributed by atoms with van der Waals surface area (Å²) in [7, 11) is -0.691. The molecule has 222 valence electrons. The third kappa shape index (κ3) is 8.81. The highest BCUT2D eigenvalue weighted by Gasteiger charge is 2.21. The second-order valence-electron chi connectivity index (χ2n) is 9.68. The van der Waals surface area contributed by atoms with E-state index in [1.54, 1.807) is 35.3 Å². The maximum atomic E-state index is 6.01. The maximum absolute atomic E-state index is 6.01. The number of H-pyrrole nitrogens is 3. The van der Waals surface area contributed by atoms with Crippen LogP contribution in [0.1, 0.15) is 19.3 Å². The number of nitrogens with one attached hydrogen (secondary N) is 3. The molecule has 9 nitrogen and oxygen atoms in total. The SMILES string of the molecule is c1ccc2[nH]c(SCCCOB(OCCCSc3nc4ccccc4[nH]3)OCCCSc3nc4ccccc4[nH]3)nc2c1. The molecule has 0 fully saturated rings. The summed E-state index contributed by atoms with van der Waals surface area (Å²) in [4.78, 5) is 24.0. The summed E-state index contributed by atoms with van der Waals surface area (Å²) in [5.74, 6) is 2.65. The second-order valence-corrected chi connectivity index (χ2v) is 12.9. The van der Waals surface area contributed by atoms with Crippen molar-refractivity contribution in [3.63, 3.8) is 0 Å². The van der Waals surface area contributed by atoms with Crippen LogP contribution in [0.5, 0.6) is 0 Å². The lowest BCUT2D eigenvalue weighted by Gasteiger charge is -2.14. The molecule has 0 radical (unpaired) electrons. The van der Waals surface area contributed by atoms with Gasteiger partial charge in [-0.05, 0) is 55.7 Å². The first-order chi connectivity index (χ1) is 21.3. The van der Waals surface area contributed by atoms with E-state index in [2.05, 4.69) is 29.9 Å². The topological polar surface area (TPSA) is 114 Å². The summed E-state index contributed by atoms with van der Waals surface area (Å²) >= 11 is 5.08. The van der Waals surface area contributed by atoms with Crippen molar-refractivity contribution >= 4 is 75.7 Å². The van der Waals surface area contributed by atoms with Gasteiger partial charge in [0.15, 0.2) is 15.5 Å². The Morgan fingerprint density at radius 1 is 0.488 bits per heavy atom. The van der Waals surface area contributed by atoms with Crippen molar-refractivity contribution in [3.8, 4) is 0 Å². The van der Waals surface area contributed by atoms with Crippen molar-refractivity contribution in [2.24, 2.45) is 0 Å². The fourth-order valence-corrected chi connectivity index (χ4v) is 6.76. The van der Waals surface area contributed by atoms with Gasteiger partial charge < -0.3 is 28.9 Å². The van der Waals surface area contributed by atoms with Crippen molar-refractivity contribution in [1.29, 1.82) is 0 Å². The molecule has 0 aliphatic heterocycles. The van der Waals surface area contributed by atoms with Gasteiger partial charge in [0.2, 0.25) is 0 Å². The highest BCUT2D eigenvalue weighted by molar-refractivity contribution is 7.99. The summed E-state index contributed by atoms with van der Waals surface area (Å²) in [6, 6.07) is 24.2. The number of thioether (sulfide) groups is 3. The van der Waals surface area contributed by atoms with Gasteiger partial charge in [0.25, 0.3) is 0 Å². The molecule has 13 heteroatoms. The van der Waals surface area contributed by atoms with E-state index in [-0.39, 0.29) is 0 Å². The molecule has 0 aliphatic carbocycles. The van der Waals surface area contributed by atoms with E-state index in [1.165, 1.54) is 0 Å². The van der Waals surface area contributed by atoms with E-state index in [9.17, 15) is 0 Å². The molecule has 0 atom stereocenters. The fourth-order valence-electron chi connectivity index (χ4n) is 4.36. The molecule has 3 N–H and O–H groups in total. The number of rotatable bonds is 18. The lowest BCUT2D eigenvalue weighted by atomic mass is 10.2. The Bertz CT molecular complexity index is 1430. The molecule has 3 heterocycles. The zero-order valence-corrected chi connectivity index (χ0v) is 26.1. The Kier molecular flexibility index (Phi) is 11.0. The van der Waals surface area contributed by atoms with Crippen LogP contribution in [-0.2, 0) is 14.0 Å². The molecule has 6 aromatic rings. The molecule has 0 aliphatic rings. The van der Waals surface area contributed by atoms with Crippen molar-refractivity contribution in [3.05, 3.63) is 72.8 Å². The van der Waals surface area contributed by atoms with E-state index in [4.69, 9.17) is 14.0 Å². The highest BCUT2D eigenvalue weighted by Crippen LogP contribution is 2.22. The molecule has 0 spiro atoms. The first-order valence-electron chi connectivity index (χ1n) is 14.4. The van der Waals surface area contributed by atoms with Crippen molar-refractivity contribution in [1.82, 2.24) is 29.9 Å². The minimum Gasteiger partial charge on any atom is -0.386 e. The molecular formula is C30H33BN6O3S3. The van der Waals surface area contributed by atoms with Crippen LogP contribution in [0.2, 0.25) is 0 Å². The monoisotopic (exact) mass is 632 g/mol. The number of nitrogens with zero attached hydrogens (tertiary/aromatic N) is 3. The van der Waals surface area contributed by atoms with Crippen molar-refractivity contribution < 1.29 is 14.0 Å². The van der Waals surface area contributed by atoms with Crippen LogP contribution in [0.15, 0.2) is 88.3 Å². The zero-order chi connectivity index (χ0) is 29.1. The van der Waals surface area contributed by atoms with Crippen LogP contribution in [0.4, 0.5) is 0 Å². The molecule has 0 unspecified atom stereocenters. The molecule has 6 rings (SSSR count). The number of hydrogen-bond acceptors (Lipinski definition) is 9. The summed E-state index contributed by atoms with van der Waals surface area (Å²) in [5.41, 5.74) is 6.13. The summed E-state index contributed by atoms with van der Waals surface area (Å²) in [6.07, 6.45) is 2.57. The molecular weight excluding hydrogens is 599 g/mol. The van der Waals surface area contributed by atoms with Crippen LogP contribution in [0.25, 0.3) is 33.1 Å². The molecule has 0 bridgehead atoms. The van der Waals surface area contributed by atoms with E-state index in [0.717, 1.165) is 85.1 Å². The molecule has 43 heavy (non-hydrogen) atoms. The van der Waals surface area contributed by atoms with Gasteiger partial charge >= 0.3 is 7.32 Å².